The van der Waals surface area contributed by atoms with Crippen molar-refractivity contribution in [2.45, 2.75) is 6.92 Å². The molecular weight excluding hydrogens is 216 g/mol. The Morgan fingerprint density at radius 3 is 2.88 bits per heavy atom. The SMILES string of the molecule is COc1ccc2ncc(OCCN)c(C)c2c1. The highest BCUT2D eigenvalue weighted by Crippen LogP contribution is 2.28. The Bertz CT molecular complexity index is 526. The van der Waals surface area contributed by atoms with Crippen LogP contribution in [0.1, 0.15) is 5.56 Å². The molecule has 0 saturated heterocycles. The van der Waals surface area contributed by atoms with Crippen LogP contribution in [0.25, 0.3) is 10.9 Å². The molecular formula is C13H16N2O2. The standard InChI is InChI=1S/C13H16N2O2/c1-9-11-7-10(16-2)3-4-12(11)15-8-13(9)17-6-5-14/h3-4,7-8H,5-6,14H2,1-2H3. The number of fused-ring (bicyclic) bond motifs is 1. The third kappa shape index (κ3) is 2.31. The molecule has 0 aliphatic heterocycles. The van der Waals surface area contributed by atoms with Gasteiger partial charge in [-0.05, 0) is 25.1 Å². The molecule has 0 radical (unpaired) electrons. The highest BCUT2D eigenvalue weighted by atomic mass is 16.5. The number of aromatic nitrogens is 1. The average molecular weight is 232 g/mol. The summed E-state index contributed by atoms with van der Waals surface area (Å²) in [6.07, 6.45) is 1.74. The minimum absolute atomic E-state index is 0.496. The van der Waals surface area contributed by atoms with Gasteiger partial charge in [0.1, 0.15) is 18.1 Å². The topological polar surface area (TPSA) is 57.4 Å². The first-order valence-electron chi connectivity index (χ1n) is 5.52. The van der Waals surface area contributed by atoms with Crippen LogP contribution in [0.2, 0.25) is 0 Å². The van der Waals surface area contributed by atoms with Gasteiger partial charge < -0.3 is 15.2 Å². The zero-order chi connectivity index (χ0) is 12.3. The van der Waals surface area contributed by atoms with Crippen molar-refractivity contribution in [3.05, 3.63) is 30.0 Å². The predicted octanol–water partition coefficient (Wildman–Crippen LogP) is 1.89. The zero-order valence-corrected chi connectivity index (χ0v) is 10.1. The lowest BCUT2D eigenvalue weighted by atomic mass is 10.1. The van der Waals surface area contributed by atoms with E-state index in [2.05, 4.69) is 4.98 Å². The van der Waals surface area contributed by atoms with Crippen molar-refractivity contribution in [3.8, 4) is 11.5 Å². The fourth-order valence-corrected chi connectivity index (χ4v) is 1.73. The first kappa shape index (κ1) is 11.7. The van der Waals surface area contributed by atoms with Crippen molar-refractivity contribution in [1.82, 2.24) is 4.98 Å². The van der Waals surface area contributed by atoms with Crippen LogP contribution in [0.15, 0.2) is 24.4 Å². The number of hydrogen-bond donors (Lipinski definition) is 1. The van der Waals surface area contributed by atoms with Crippen LogP contribution in [0.4, 0.5) is 0 Å². The lowest BCUT2D eigenvalue weighted by molar-refractivity contribution is 0.325. The van der Waals surface area contributed by atoms with Gasteiger partial charge in [0.25, 0.3) is 0 Å². The van der Waals surface area contributed by atoms with Gasteiger partial charge in [0.05, 0.1) is 18.8 Å². The normalized spacial score (nSPS) is 10.5. The third-order valence-electron chi connectivity index (χ3n) is 2.67. The number of ether oxygens (including phenoxy) is 2. The molecule has 90 valence electrons. The maximum absolute atomic E-state index is 5.54. The maximum Gasteiger partial charge on any atom is 0.141 e. The van der Waals surface area contributed by atoms with Crippen LogP contribution >= 0.6 is 0 Å². The van der Waals surface area contributed by atoms with Gasteiger partial charge in [-0.1, -0.05) is 0 Å². The monoisotopic (exact) mass is 232 g/mol. The summed E-state index contributed by atoms with van der Waals surface area (Å²) in [7, 11) is 1.65. The molecule has 0 aliphatic rings. The van der Waals surface area contributed by atoms with Crippen LogP contribution < -0.4 is 15.2 Å². The molecule has 0 amide bonds. The summed E-state index contributed by atoms with van der Waals surface area (Å²) in [5.41, 5.74) is 7.41. The summed E-state index contributed by atoms with van der Waals surface area (Å²) in [6, 6.07) is 5.80. The van der Waals surface area contributed by atoms with Gasteiger partial charge in [-0.25, -0.2) is 0 Å². The van der Waals surface area contributed by atoms with Crippen molar-refractivity contribution in [1.29, 1.82) is 0 Å². The Morgan fingerprint density at radius 1 is 1.35 bits per heavy atom. The van der Waals surface area contributed by atoms with E-state index in [1.807, 2.05) is 25.1 Å². The van der Waals surface area contributed by atoms with E-state index in [-0.39, 0.29) is 0 Å². The molecule has 0 unspecified atom stereocenters. The second-order valence-electron chi connectivity index (χ2n) is 3.77. The van der Waals surface area contributed by atoms with Gasteiger partial charge in [-0.15, -0.1) is 0 Å². The van der Waals surface area contributed by atoms with Crippen molar-refractivity contribution in [2.24, 2.45) is 5.73 Å². The molecule has 0 spiro atoms. The first-order valence-corrected chi connectivity index (χ1v) is 5.52. The summed E-state index contributed by atoms with van der Waals surface area (Å²) >= 11 is 0. The van der Waals surface area contributed by atoms with Crippen molar-refractivity contribution < 1.29 is 9.47 Å². The van der Waals surface area contributed by atoms with Gasteiger partial charge >= 0.3 is 0 Å². The van der Waals surface area contributed by atoms with E-state index in [4.69, 9.17) is 15.2 Å². The number of nitrogens with two attached hydrogens (primary N) is 1. The molecule has 0 bridgehead atoms. The van der Waals surface area contributed by atoms with E-state index in [1.165, 1.54) is 0 Å². The Kier molecular flexibility index (Phi) is 3.44. The fraction of sp³-hybridized carbons (Fsp3) is 0.308. The summed E-state index contributed by atoms with van der Waals surface area (Å²) < 4.78 is 10.7. The predicted molar refractivity (Wildman–Crippen MR) is 67.6 cm³/mol. The number of rotatable bonds is 4. The van der Waals surface area contributed by atoms with E-state index in [0.717, 1.165) is 28.0 Å². The number of aryl methyl sites for hydroxylation is 1. The molecule has 4 heteroatoms. The second kappa shape index (κ2) is 5.01. The maximum atomic E-state index is 5.54. The lowest BCUT2D eigenvalue weighted by Gasteiger charge is -2.10. The minimum Gasteiger partial charge on any atom is -0.497 e. The van der Waals surface area contributed by atoms with Crippen molar-refractivity contribution in [3.63, 3.8) is 0 Å². The van der Waals surface area contributed by atoms with E-state index < -0.39 is 0 Å². The first-order chi connectivity index (χ1) is 8.26. The van der Waals surface area contributed by atoms with Crippen LogP contribution in [0.5, 0.6) is 11.5 Å². The summed E-state index contributed by atoms with van der Waals surface area (Å²) in [5, 5.41) is 1.04. The highest BCUT2D eigenvalue weighted by Gasteiger charge is 2.06. The number of pyridine rings is 1. The molecule has 17 heavy (non-hydrogen) atoms. The Balaban J connectivity index is 2.48. The number of hydrogen-bond acceptors (Lipinski definition) is 4. The smallest absolute Gasteiger partial charge is 0.141 e. The Morgan fingerprint density at radius 2 is 2.18 bits per heavy atom. The Hall–Kier alpha value is -1.81. The van der Waals surface area contributed by atoms with Crippen LogP contribution in [0, 0.1) is 6.92 Å². The number of nitrogens with zero attached hydrogens (tertiary/aromatic N) is 1. The molecule has 0 fully saturated rings. The lowest BCUT2D eigenvalue weighted by Crippen LogP contribution is -2.11. The molecule has 1 heterocycles. The summed E-state index contributed by atoms with van der Waals surface area (Å²) in [4.78, 5) is 4.35. The van der Waals surface area contributed by atoms with E-state index in [1.54, 1.807) is 13.3 Å². The molecule has 4 nitrogen and oxygen atoms in total. The van der Waals surface area contributed by atoms with E-state index in [0.29, 0.717) is 13.2 Å². The largest absolute Gasteiger partial charge is 0.497 e. The number of benzene rings is 1. The average Bonchev–Trinajstić information content (AvgIpc) is 2.38. The second-order valence-corrected chi connectivity index (χ2v) is 3.77. The Labute approximate surface area is 100 Å². The van der Waals surface area contributed by atoms with Crippen molar-refractivity contribution in [2.75, 3.05) is 20.3 Å². The fourth-order valence-electron chi connectivity index (χ4n) is 1.73. The number of methoxy groups -OCH3 is 1. The van der Waals surface area contributed by atoms with Gasteiger partial charge in [-0.3, -0.25) is 4.98 Å². The summed E-state index contributed by atoms with van der Waals surface area (Å²) in [6.45, 7) is 3.00. The molecule has 2 aromatic rings. The van der Waals surface area contributed by atoms with Crippen LogP contribution in [0.3, 0.4) is 0 Å². The van der Waals surface area contributed by atoms with Gasteiger partial charge in [0.2, 0.25) is 0 Å². The van der Waals surface area contributed by atoms with E-state index in [9.17, 15) is 0 Å². The zero-order valence-electron chi connectivity index (χ0n) is 10.1. The molecule has 0 aliphatic carbocycles. The van der Waals surface area contributed by atoms with Crippen LogP contribution in [-0.4, -0.2) is 25.2 Å². The van der Waals surface area contributed by atoms with Crippen LogP contribution in [-0.2, 0) is 0 Å². The van der Waals surface area contributed by atoms with Gasteiger partial charge in [0, 0.05) is 17.5 Å². The highest BCUT2D eigenvalue weighted by molar-refractivity contribution is 5.85. The van der Waals surface area contributed by atoms with Gasteiger partial charge in [-0.2, -0.15) is 0 Å². The quantitative estimate of drug-likeness (QED) is 0.874. The molecule has 2 rings (SSSR count). The molecule has 0 saturated carbocycles. The van der Waals surface area contributed by atoms with Gasteiger partial charge in [0.15, 0.2) is 0 Å². The molecule has 1 aromatic heterocycles. The van der Waals surface area contributed by atoms with Crippen molar-refractivity contribution >= 4 is 10.9 Å². The molecule has 2 N–H and O–H groups in total. The molecule has 1 aromatic carbocycles. The minimum atomic E-state index is 0.496. The summed E-state index contributed by atoms with van der Waals surface area (Å²) in [5.74, 6) is 1.59. The van der Waals surface area contributed by atoms with E-state index >= 15 is 0 Å². The molecule has 0 atom stereocenters. The third-order valence-corrected chi connectivity index (χ3v) is 2.67.